The molecule has 0 aliphatic carbocycles. The number of halogens is 4. The van der Waals surface area contributed by atoms with Crippen LogP contribution in [0, 0.1) is 11.7 Å². The summed E-state index contributed by atoms with van der Waals surface area (Å²) in [5, 5.41) is 6.61. The fraction of sp³-hybridized carbons (Fsp3) is 0.318. The monoisotopic (exact) mass is 450 g/mol. The van der Waals surface area contributed by atoms with Crippen molar-refractivity contribution in [1.82, 2.24) is 4.90 Å². The van der Waals surface area contributed by atoms with Crippen molar-refractivity contribution in [3.8, 4) is 0 Å². The number of nitrogens with zero attached hydrogens (tertiary/aromatic N) is 4. The zero-order chi connectivity index (χ0) is 23.3. The largest absolute Gasteiger partial charge is 0.467 e. The van der Waals surface area contributed by atoms with Gasteiger partial charge in [-0.15, -0.1) is 5.10 Å². The van der Waals surface area contributed by atoms with Gasteiger partial charge in [0.15, 0.2) is 6.61 Å². The fourth-order valence-electron chi connectivity index (χ4n) is 3.34. The maximum absolute atomic E-state index is 14.9. The van der Waals surface area contributed by atoms with Gasteiger partial charge in [-0.05, 0) is 31.3 Å². The smallest absolute Gasteiger partial charge is 0.422 e. The SMILES string of the molecule is C=N/N=C(\OCC(F)(F)F)c1ccc(CN(C(=O)C2CN(C)C2)c2ccccc2)c(F)c1. The van der Waals surface area contributed by atoms with Crippen molar-refractivity contribution in [2.24, 2.45) is 16.1 Å². The van der Waals surface area contributed by atoms with Gasteiger partial charge in [-0.3, -0.25) is 4.79 Å². The van der Waals surface area contributed by atoms with Crippen molar-refractivity contribution in [3.05, 3.63) is 65.5 Å². The lowest BCUT2D eigenvalue weighted by Gasteiger charge is -2.38. The lowest BCUT2D eigenvalue weighted by molar-refractivity contribution is -0.156. The zero-order valence-corrected chi connectivity index (χ0v) is 17.3. The molecule has 0 bridgehead atoms. The molecular formula is C22H22F4N4O2. The third-order valence-corrected chi connectivity index (χ3v) is 4.91. The summed E-state index contributed by atoms with van der Waals surface area (Å²) in [6.07, 6.45) is -4.59. The first-order chi connectivity index (χ1) is 15.2. The molecule has 1 amide bonds. The number of para-hydroxylation sites is 1. The first-order valence-corrected chi connectivity index (χ1v) is 9.75. The molecule has 3 rings (SSSR count). The molecule has 1 aliphatic rings. The molecule has 0 N–H and O–H groups in total. The molecule has 32 heavy (non-hydrogen) atoms. The van der Waals surface area contributed by atoms with Crippen LogP contribution >= 0.6 is 0 Å². The predicted octanol–water partition coefficient (Wildman–Crippen LogP) is 3.86. The minimum atomic E-state index is -4.59. The molecular weight excluding hydrogens is 428 g/mol. The average molecular weight is 450 g/mol. The van der Waals surface area contributed by atoms with E-state index in [4.69, 9.17) is 0 Å². The van der Waals surface area contributed by atoms with Crippen LogP contribution in [0.2, 0.25) is 0 Å². The summed E-state index contributed by atoms with van der Waals surface area (Å²) in [6.45, 7) is 2.70. The van der Waals surface area contributed by atoms with E-state index in [0.717, 1.165) is 6.07 Å². The van der Waals surface area contributed by atoms with Gasteiger partial charge in [0.1, 0.15) is 5.82 Å². The van der Waals surface area contributed by atoms with Crippen LogP contribution < -0.4 is 4.90 Å². The topological polar surface area (TPSA) is 57.5 Å². The van der Waals surface area contributed by atoms with Crippen molar-refractivity contribution in [3.63, 3.8) is 0 Å². The quantitative estimate of drug-likeness (QED) is 0.279. The minimum absolute atomic E-state index is 0.0268. The van der Waals surface area contributed by atoms with E-state index in [0.29, 0.717) is 18.8 Å². The minimum Gasteiger partial charge on any atom is -0.467 e. The number of carbonyl (C=O) groups is 1. The Hall–Kier alpha value is -3.27. The zero-order valence-electron chi connectivity index (χ0n) is 17.3. The summed E-state index contributed by atoms with van der Waals surface area (Å²) >= 11 is 0. The summed E-state index contributed by atoms with van der Waals surface area (Å²) in [5.74, 6) is -1.52. The number of amides is 1. The van der Waals surface area contributed by atoms with Crippen molar-refractivity contribution >= 4 is 24.2 Å². The van der Waals surface area contributed by atoms with E-state index < -0.39 is 24.5 Å². The standard InChI is InChI=1S/C22H22F4N4O2/c1-27-28-20(32-14-22(24,25)26)15-8-9-16(19(23)10-15)13-30(18-6-4-3-5-7-18)21(31)17-11-29(2)12-17/h3-10,17H,1,11-14H2,2H3/b28-20-. The maximum atomic E-state index is 14.9. The Morgan fingerprint density at radius 1 is 1.22 bits per heavy atom. The van der Waals surface area contributed by atoms with E-state index in [1.54, 1.807) is 24.3 Å². The van der Waals surface area contributed by atoms with Gasteiger partial charge in [-0.1, -0.05) is 24.3 Å². The molecule has 1 heterocycles. The Morgan fingerprint density at radius 2 is 1.91 bits per heavy atom. The van der Waals surface area contributed by atoms with Gasteiger partial charge in [0.05, 0.1) is 12.5 Å². The number of carbonyl (C=O) groups excluding carboxylic acids is 1. The number of hydrogen-bond acceptors (Lipinski definition) is 5. The molecule has 2 aromatic rings. The molecule has 0 spiro atoms. The second-order valence-corrected chi connectivity index (χ2v) is 7.43. The molecule has 1 saturated heterocycles. The second kappa shape index (κ2) is 9.90. The second-order valence-electron chi connectivity index (χ2n) is 7.43. The third-order valence-electron chi connectivity index (χ3n) is 4.91. The number of likely N-dealkylation sites (tertiary alicyclic amines) is 1. The van der Waals surface area contributed by atoms with Gasteiger partial charge in [-0.25, -0.2) is 4.39 Å². The van der Waals surface area contributed by atoms with Gasteiger partial charge in [0.25, 0.3) is 0 Å². The molecule has 6 nitrogen and oxygen atoms in total. The Balaban J connectivity index is 1.83. The molecule has 2 aromatic carbocycles. The van der Waals surface area contributed by atoms with Crippen LogP contribution in [0.4, 0.5) is 23.2 Å². The molecule has 0 aromatic heterocycles. The lowest BCUT2D eigenvalue weighted by atomic mass is 9.98. The highest BCUT2D eigenvalue weighted by atomic mass is 19.4. The van der Waals surface area contributed by atoms with Gasteiger partial charge in [0.2, 0.25) is 11.8 Å². The predicted molar refractivity (Wildman–Crippen MR) is 113 cm³/mol. The molecule has 0 saturated carbocycles. The Bertz CT molecular complexity index is 989. The number of alkyl halides is 3. The van der Waals surface area contributed by atoms with E-state index in [1.165, 1.54) is 17.0 Å². The molecule has 1 fully saturated rings. The van der Waals surface area contributed by atoms with E-state index in [-0.39, 0.29) is 29.5 Å². The summed E-state index contributed by atoms with van der Waals surface area (Å²) in [6, 6.07) is 12.7. The van der Waals surface area contributed by atoms with Crippen molar-refractivity contribution in [1.29, 1.82) is 0 Å². The molecule has 170 valence electrons. The van der Waals surface area contributed by atoms with Crippen molar-refractivity contribution < 1.29 is 27.1 Å². The highest BCUT2D eigenvalue weighted by Gasteiger charge is 2.34. The van der Waals surface area contributed by atoms with Crippen LogP contribution in [-0.2, 0) is 16.1 Å². The maximum Gasteiger partial charge on any atom is 0.422 e. The van der Waals surface area contributed by atoms with Crippen LogP contribution in [0.3, 0.4) is 0 Å². The van der Waals surface area contributed by atoms with Crippen LogP contribution in [0.5, 0.6) is 0 Å². The Labute approximate surface area is 182 Å². The van der Waals surface area contributed by atoms with Crippen LogP contribution in [0.25, 0.3) is 0 Å². The van der Waals surface area contributed by atoms with Gasteiger partial charge in [-0.2, -0.15) is 18.3 Å². The first kappa shape index (κ1) is 23.4. The van der Waals surface area contributed by atoms with Crippen molar-refractivity contribution in [2.45, 2.75) is 12.7 Å². The lowest BCUT2D eigenvalue weighted by Crippen LogP contribution is -2.52. The first-order valence-electron chi connectivity index (χ1n) is 9.75. The molecule has 0 unspecified atom stereocenters. The Morgan fingerprint density at radius 3 is 2.47 bits per heavy atom. The highest BCUT2D eigenvalue weighted by Crippen LogP contribution is 2.25. The van der Waals surface area contributed by atoms with Crippen LogP contribution in [0.15, 0.2) is 58.7 Å². The van der Waals surface area contributed by atoms with Gasteiger partial charge in [0, 0.05) is 36.6 Å². The summed E-state index contributed by atoms with van der Waals surface area (Å²) in [5.41, 5.74) is 0.795. The normalized spacial score (nSPS) is 15.2. The number of anilines is 1. The highest BCUT2D eigenvalue weighted by molar-refractivity contribution is 5.96. The number of benzene rings is 2. The van der Waals surface area contributed by atoms with Gasteiger partial charge < -0.3 is 14.5 Å². The van der Waals surface area contributed by atoms with Crippen LogP contribution in [-0.4, -0.2) is 56.3 Å². The molecule has 1 aliphatic heterocycles. The Kier molecular flexibility index (Phi) is 7.24. The molecule has 0 radical (unpaired) electrons. The molecule has 10 heteroatoms. The summed E-state index contributed by atoms with van der Waals surface area (Å²) in [7, 11) is 1.91. The van der Waals surface area contributed by atoms with E-state index >= 15 is 0 Å². The number of ether oxygens (including phenoxy) is 1. The van der Waals surface area contributed by atoms with E-state index in [9.17, 15) is 22.4 Å². The fourth-order valence-corrected chi connectivity index (χ4v) is 3.34. The molecule has 0 atom stereocenters. The summed E-state index contributed by atoms with van der Waals surface area (Å²) < 4.78 is 57.0. The van der Waals surface area contributed by atoms with E-state index in [2.05, 4.69) is 21.7 Å². The van der Waals surface area contributed by atoms with Crippen LogP contribution in [0.1, 0.15) is 11.1 Å². The third kappa shape index (κ3) is 5.91. The van der Waals surface area contributed by atoms with E-state index in [1.807, 2.05) is 18.0 Å². The summed E-state index contributed by atoms with van der Waals surface area (Å²) in [4.78, 5) is 16.6. The number of rotatable bonds is 7. The van der Waals surface area contributed by atoms with Gasteiger partial charge >= 0.3 is 6.18 Å². The number of hydrogen-bond donors (Lipinski definition) is 0. The van der Waals surface area contributed by atoms with Crippen molar-refractivity contribution in [2.75, 3.05) is 31.6 Å². The average Bonchev–Trinajstić information content (AvgIpc) is 2.73.